The van der Waals surface area contributed by atoms with Gasteiger partial charge in [0.15, 0.2) is 0 Å². The second-order valence-electron chi connectivity index (χ2n) is 5.95. The lowest BCUT2D eigenvalue weighted by molar-refractivity contribution is 0.0920. The number of piperidine rings is 1. The fourth-order valence-corrected chi connectivity index (χ4v) is 3.75. The zero-order valence-corrected chi connectivity index (χ0v) is 12.2. The highest BCUT2D eigenvalue weighted by molar-refractivity contribution is 6.35. The van der Waals surface area contributed by atoms with Crippen molar-refractivity contribution in [1.29, 1.82) is 0 Å². The normalized spacial score (nSPS) is 27.2. The highest BCUT2D eigenvalue weighted by atomic mass is 35.5. The second kappa shape index (κ2) is 4.97. The molecule has 1 saturated carbocycles. The Morgan fingerprint density at radius 2 is 2.29 bits per heavy atom. The van der Waals surface area contributed by atoms with Crippen molar-refractivity contribution in [2.75, 3.05) is 6.54 Å². The van der Waals surface area contributed by atoms with E-state index in [4.69, 9.17) is 11.6 Å². The molecule has 2 N–H and O–H groups in total. The Labute approximate surface area is 127 Å². The van der Waals surface area contributed by atoms with Crippen LogP contribution in [0.4, 0.5) is 0 Å². The summed E-state index contributed by atoms with van der Waals surface area (Å²) in [7, 11) is 0. The molecule has 1 aliphatic heterocycles. The van der Waals surface area contributed by atoms with Gasteiger partial charge in [-0.3, -0.25) is 9.78 Å². The first-order valence-electron chi connectivity index (χ1n) is 7.29. The molecule has 3 atom stereocenters. The fourth-order valence-electron chi connectivity index (χ4n) is 3.51. The van der Waals surface area contributed by atoms with Crippen molar-refractivity contribution in [1.82, 2.24) is 15.6 Å². The van der Waals surface area contributed by atoms with Gasteiger partial charge in [-0.25, -0.2) is 0 Å². The number of hydrogen-bond donors (Lipinski definition) is 2. The number of carbonyl (C=O) groups is 1. The predicted molar refractivity (Wildman–Crippen MR) is 82.5 cm³/mol. The quantitative estimate of drug-likeness (QED) is 0.895. The lowest BCUT2D eigenvalue weighted by Crippen LogP contribution is -2.44. The molecule has 1 aliphatic carbocycles. The Balaban J connectivity index is 1.58. The van der Waals surface area contributed by atoms with Crippen LogP contribution < -0.4 is 10.6 Å². The van der Waals surface area contributed by atoms with Crippen molar-refractivity contribution in [2.45, 2.75) is 24.9 Å². The first-order chi connectivity index (χ1) is 10.2. The summed E-state index contributed by atoms with van der Waals surface area (Å²) in [5, 5.41) is 9.04. The van der Waals surface area contributed by atoms with Crippen molar-refractivity contribution < 1.29 is 4.79 Å². The third-order valence-corrected chi connectivity index (χ3v) is 4.95. The van der Waals surface area contributed by atoms with Gasteiger partial charge in [0.05, 0.1) is 0 Å². The molecule has 108 valence electrons. The minimum absolute atomic E-state index is 0.102. The topological polar surface area (TPSA) is 54.0 Å². The average molecular weight is 302 g/mol. The molecule has 3 unspecified atom stereocenters. The molecule has 4 rings (SSSR count). The third-order valence-electron chi connectivity index (χ3n) is 4.62. The zero-order valence-electron chi connectivity index (χ0n) is 11.5. The number of amides is 1. The molecule has 5 heteroatoms. The highest BCUT2D eigenvalue weighted by Crippen LogP contribution is 2.31. The van der Waals surface area contributed by atoms with E-state index < -0.39 is 0 Å². The fraction of sp³-hybridized carbons (Fsp3) is 0.375. The van der Waals surface area contributed by atoms with Gasteiger partial charge in [0.2, 0.25) is 0 Å². The molecular weight excluding hydrogens is 286 g/mol. The molecule has 2 fully saturated rings. The van der Waals surface area contributed by atoms with Crippen LogP contribution in [0.3, 0.4) is 0 Å². The standard InChI is InChI=1S/C16H16ClN3O/c17-13-3-1-2-9-7-19-15(6-12(9)13)16(21)20-14-5-11-4-10(14)8-18-11/h1-3,6-7,10-11,14,18H,4-5,8H2,(H,20,21). The van der Waals surface area contributed by atoms with E-state index in [1.165, 1.54) is 6.42 Å². The van der Waals surface area contributed by atoms with Crippen molar-refractivity contribution in [3.8, 4) is 0 Å². The van der Waals surface area contributed by atoms with Crippen molar-refractivity contribution in [3.05, 3.63) is 41.2 Å². The van der Waals surface area contributed by atoms with E-state index in [0.717, 1.165) is 23.7 Å². The van der Waals surface area contributed by atoms with Gasteiger partial charge in [-0.2, -0.15) is 0 Å². The molecule has 0 radical (unpaired) electrons. The van der Waals surface area contributed by atoms with Gasteiger partial charge >= 0.3 is 0 Å². The third kappa shape index (κ3) is 2.28. The van der Waals surface area contributed by atoms with Crippen LogP contribution in [0, 0.1) is 5.92 Å². The molecule has 21 heavy (non-hydrogen) atoms. The van der Waals surface area contributed by atoms with E-state index in [1.54, 1.807) is 12.3 Å². The monoisotopic (exact) mass is 301 g/mol. The first kappa shape index (κ1) is 13.0. The Morgan fingerprint density at radius 3 is 3.05 bits per heavy atom. The maximum atomic E-state index is 12.4. The number of carbonyl (C=O) groups excluding carboxylic acids is 1. The number of fused-ring (bicyclic) bond motifs is 3. The largest absolute Gasteiger partial charge is 0.348 e. The first-order valence-corrected chi connectivity index (χ1v) is 7.67. The number of rotatable bonds is 2. The Bertz CT molecular complexity index is 718. The summed E-state index contributed by atoms with van der Waals surface area (Å²) in [6.07, 6.45) is 3.89. The average Bonchev–Trinajstić information content (AvgIpc) is 3.10. The van der Waals surface area contributed by atoms with E-state index in [9.17, 15) is 4.79 Å². The summed E-state index contributed by atoms with van der Waals surface area (Å²) >= 11 is 6.19. The molecular formula is C16H16ClN3O. The molecule has 4 nitrogen and oxygen atoms in total. The van der Waals surface area contributed by atoms with Gasteiger partial charge in [-0.15, -0.1) is 0 Å². The molecule has 2 bridgehead atoms. The van der Waals surface area contributed by atoms with Crippen molar-refractivity contribution in [3.63, 3.8) is 0 Å². The van der Waals surface area contributed by atoms with E-state index in [2.05, 4.69) is 15.6 Å². The van der Waals surface area contributed by atoms with Gasteiger partial charge < -0.3 is 10.6 Å². The molecule has 2 heterocycles. The number of nitrogens with zero attached hydrogens (tertiary/aromatic N) is 1. The molecule has 2 aromatic rings. The Morgan fingerprint density at radius 1 is 1.38 bits per heavy atom. The molecule has 1 amide bonds. The molecule has 0 spiro atoms. The summed E-state index contributed by atoms with van der Waals surface area (Å²) in [6, 6.07) is 8.27. The van der Waals surface area contributed by atoms with Gasteiger partial charge in [-0.1, -0.05) is 23.7 Å². The van der Waals surface area contributed by atoms with Gasteiger partial charge in [0, 0.05) is 40.6 Å². The van der Waals surface area contributed by atoms with Gasteiger partial charge in [0.25, 0.3) is 5.91 Å². The highest BCUT2D eigenvalue weighted by Gasteiger charge is 2.40. The second-order valence-corrected chi connectivity index (χ2v) is 6.35. The van der Waals surface area contributed by atoms with E-state index in [-0.39, 0.29) is 11.9 Å². The maximum absolute atomic E-state index is 12.4. The molecule has 2 aliphatic rings. The molecule has 1 saturated heterocycles. The van der Waals surface area contributed by atoms with Crippen LogP contribution >= 0.6 is 11.6 Å². The molecule has 1 aromatic carbocycles. The van der Waals surface area contributed by atoms with Crippen LogP contribution in [0.5, 0.6) is 0 Å². The number of nitrogens with one attached hydrogen (secondary N) is 2. The van der Waals surface area contributed by atoms with Crippen LogP contribution in [0.25, 0.3) is 10.8 Å². The van der Waals surface area contributed by atoms with Crippen LogP contribution in [0.15, 0.2) is 30.5 Å². The van der Waals surface area contributed by atoms with Crippen LogP contribution in [-0.4, -0.2) is 29.5 Å². The van der Waals surface area contributed by atoms with Crippen LogP contribution in [-0.2, 0) is 0 Å². The molecule has 1 aromatic heterocycles. The summed E-state index contributed by atoms with van der Waals surface area (Å²) in [5.74, 6) is 0.456. The van der Waals surface area contributed by atoms with Crippen LogP contribution in [0.2, 0.25) is 5.02 Å². The van der Waals surface area contributed by atoms with Crippen molar-refractivity contribution >= 4 is 28.3 Å². The van der Waals surface area contributed by atoms with Crippen molar-refractivity contribution in [2.24, 2.45) is 5.92 Å². The SMILES string of the molecule is O=C(NC1CC2CC1CN2)c1cc2c(Cl)cccc2cn1. The summed E-state index contributed by atoms with van der Waals surface area (Å²) in [5.41, 5.74) is 0.436. The zero-order chi connectivity index (χ0) is 14.4. The number of aromatic nitrogens is 1. The smallest absolute Gasteiger partial charge is 0.270 e. The predicted octanol–water partition coefficient (Wildman–Crippen LogP) is 2.37. The Kier molecular flexibility index (Phi) is 3.08. The van der Waals surface area contributed by atoms with E-state index in [0.29, 0.717) is 22.7 Å². The van der Waals surface area contributed by atoms with Gasteiger partial charge in [0.1, 0.15) is 5.69 Å². The lowest BCUT2D eigenvalue weighted by atomic mass is 10.0. The number of hydrogen-bond acceptors (Lipinski definition) is 3. The maximum Gasteiger partial charge on any atom is 0.270 e. The summed E-state index contributed by atoms with van der Waals surface area (Å²) in [4.78, 5) is 16.7. The Hall–Kier alpha value is -1.65. The van der Waals surface area contributed by atoms with Crippen LogP contribution in [0.1, 0.15) is 23.3 Å². The number of halogens is 1. The lowest BCUT2D eigenvalue weighted by Gasteiger charge is -2.23. The summed E-state index contributed by atoms with van der Waals surface area (Å²) in [6.45, 7) is 1.01. The van der Waals surface area contributed by atoms with E-state index in [1.807, 2.05) is 18.2 Å². The minimum atomic E-state index is -0.102. The minimum Gasteiger partial charge on any atom is -0.348 e. The van der Waals surface area contributed by atoms with Gasteiger partial charge in [-0.05, 0) is 30.9 Å². The number of pyridine rings is 1. The van der Waals surface area contributed by atoms with E-state index >= 15 is 0 Å². The number of benzene rings is 1. The summed E-state index contributed by atoms with van der Waals surface area (Å²) < 4.78 is 0.